The topological polar surface area (TPSA) is 79.9 Å². The molecule has 0 saturated carbocycles. The van der Waals surface area contributed by atoms with Crippen molar-refractivity contribution in [3.63, 3.8) is 0 Å². The van der Waals surface area contributed by atoms with Crippen LogP contribution in [0.3, 0.4) is 0 Å². The van der Waals surface area contributed by atoms with E-state index in [0.717, 1.165) is 11.3 Å². The van der Waals surface area contributed by atoms with Gasteiger partial charge in [0.15, 0.2) is 5.69 Å². The Morgan fingerprint density at radius 2 is 2.04 bits per heavy atom. The molecule has 1 amide bonds. The minimum Gasteiger partial charge on any atom is -0.473 e. The maximum absolute atomic E-state index is 12.2. The van der Waals surface area contributed by atoms with Crippen LogP contribution in [0.2, 0.25) is 0 Å². The lowest BCUT2D eigenvalue weighted by Crippen LogP contribution is -2.13. The van der Waals surface area contributed by atoms with E-state index >= 15 is 0 Å². The van der Waals surface area contributed by atoms with Crippen molar-refractivity contribution in [3.8, 4) is 5.88 Å². The third kappa shape index (κ3) is 3.80. The van der Waals surface area contributed by atoms with Crippen LogP contribution in [0.15, 0.2) is 53.1 Å². The Kier molecular flexibility index (Phi) is 4.90. The summed E-state index contributed by atoms with van der Waals surface area (Å²) in [4.78, 5) is 16.4. The Hall–Kier alpha value is -2.67. The quantitative estimate of drug-likeness (QED) is 0.700. The number of aromatic nitrogens is 3. The molecule has 0 fully saturated rings. The highest BCUT2D eigenvalue weighted by Gasteiger charge is 2.15. The SMILES string of the molecule is Cc1[nH]nc(C(=O)Nc2ccc(OCc3ccccc3)nc2)c1Br. The molecule has 0 aliphatic carbocycles. The second kappa shape index (κ2) is 7.27. The van der Waals surface area contributed by atoms with Crippen molar-refractivity contribution >= 4 is 27.5 Å². The van der Waals surface area contributed by atoms with Crippen molar-refractivity contribution in [2.75, 3.05) is 5.32 Å². The normalized spacial score (nSPS) is 10.4. The van der Waals surface area contributed by atoms with Gasteiger partial charge in [0.25, 0.3) is 5.91 Å². The monoisotopic (exact) mass is 386 g/mol. The zero-order chi connectivity index (χ0) is 16.9. The molecule has 3 rings (SSSR count). The number of pyridine rings is 1. The van der Waals surface area contributed by atoms with E-state index in [0.29, 0.717) is 28.3 Å². The predicted molar refractivity (Wildman–Crippen MR) is 94.0 cm³/mol. The number of nitrogens with zero attached hydrogens (tertiary/aromatic N) is 2. The van der Waals surface area contributed by atoms with Gasteiger partial charge in [-0.15, -0.1) is 0 Å². The molecular weight excluding hydrogens is 372 g/mol. The lowest BCUT2D eigenvalue weighted by Gasteiger charge is -2.07. The van der Waals surface area contributed by atoms with Gasteiger partial charge >= 0.3 is 0 Å². The second-order valence-electron chi connectivity index (χ2n) is 5.12. The van der Waals surface area contributed by atoms with Crippen molar-refractivity contribution in [2.24, 2.45) is 0 Å². The lowest BCUT2D eigenvalue weighted by atomic mass is 10.2. The fraction of sp³-hybridized carbons (Fsp3) is 0.118. The Labute approximate surface area is 147 Å². The first-order valence-corrected chi connectivity index (χ1v) is 8.07. The van der Waals surface area contributed by atoms with Crippen LogP contribution < -0.4 is 10.1 Å². The Morgan fingerprint density at radius 1 is 1.25 bits per heavy atom. The summed E-state index contributed by atoms with van der Waals surface area (Å²) in [5.74, 6) is 0.180. The molecule has 0 saturated heterocycles. The zero-order valence-corrected chi connectivity index (χ0v) is 14.5. The van der Waals surface area contributed by atoms with E-state index in [1.807, 2.05) is 37.3 Å². The van der Waals surface area contributed by atoms with Gasteiger partial charge in [0.05, 0.1) is 16.4 Å². The number of benzene rings is 1. The van der Waals surface area contributed by atoms with Crippen LogP contribution in [0.4, 0.5) is 5.69 Å². The maximum Gasteiger partial charge on any atom is 0.277 e. The second-order valence-corrected chi connectivity index (χ2v) is 5.92. The van der Waals surface area contributed by atoms with Crippen molar-refractivity contribution in [1.29, 1.82) is 0 Å². The number of ether oxygens (including phenoxy) is 1. The molecule has 2 heterocycles. The number of H-pyrrole nitrogens is 1. The van der Waals surface area contributed by atoms with Gasteiger partial charge in [-0.25, -0.2) is 4.98 Å². The third-order valence-electron chi connectivity index (χ3n) is 3.31. The van der Waals surface area contributed by atoms with Gasteiger partial charge in [-0.2, -0.15) is 5.10 Å². The molecule has 0 aliphatic heterocycles. The number of carbonyl (C=O) groups excluding carboxylic acids is 1. The van der Waals surface area contributed by atoms with Gasteiger partial charge in [-0.3, -0.25) is 9.89 Å². The van der Waals surface area contributed by atoms with Crippen LogP contribution in [0, 0.1) is 6.92 Å². The molecule has 0 aliphatic rings. The molecule has 2 aromatic heterocycles. The highest BCUT2D eigenvalue weighted by atomic mass is 79.9. The number of nitrogens with one attached hydrogen (secondary N) is 2. The number of hydrogen-bond acceptors (Lipinski definition) is 4. The molecule has 2 N–H and O–H groups in total. The Balaban J connectivity index is 1.60. The summed E-state index contributed by atoms with van der Waals surface area (Å²) in [5, 5.41) is 9.46. The third-order valence-corrected chi connectivity index (χ3v) is 4.28. The van der Waals surface area contributed by atoms with Crippen molar-refractivity contribution in [2.45, 2.75) is 13.5 Å². The molecule has 7 heteroatoms. The van der Waals surface area contributed by atoms with Crippen LogP contribution in [0.1, 0.15) is 21.7 Å². The zero-order valence-electron chi connectivity index (χ0n) is 12.9. The highest BCUT2D eigenvalue weighted by Crippen LogP contribution is 2.20. The molecule has 0 radical (unpaired) electrons. The number of hydrogen-bond donors (Lipinski definition) is 2. The van der Waals surface area contributed by atoms with E-state index < -0.39 is 0 Å². The molecule has 1 aromatic carbocycles. The number of halogens is 1. The molecule has 3 aromatic rings. The first kappa shape index (κ1) is 16.2. The molecule has 24 heavy (non-hydrogen) atoms. The summed E-state index contributed by atoms with van der Waals surface area (Å²) in [7, 11) is 0. The van der Waals surface area contributed by atoms with E-state index in [1.54, 1.807) is 18.3 Å². The van der Waals surface area contributed by atoms with Gasteiger partial charge in [-0.05, 0) is 34.5 Å². The Morgan fingerprint density at radius 3 is 2.67 bits per heavy atom. The predicted octanol–water partition coefficient (Wildman–Crippen LogP) is 3.71. The van der Waals surface area contributed by atoms with Gasteiger partial charge in [0.1, 0.15) is 6.61 Å². The standard InChI is InChI=1S/C17H15BrN4O2/c1-11-15(18)16(22-21-11)17(23)20-13-7-8-14(19-9-13)24-10-12-5-3-2-4-6-12/h2-9H,10H2,1H3,(H,20,23)(H,21,22). The average molecular weight is 387 g/mol. The minimum absolute atomic E-state index is 0.303. The molecule has 6 nitrogen and oxygen atoms in total. The van der Waals surface area contributed by atoms with Crippen LogP contribution in [-0.4, -0.2) is 21.1 Å². The molecule has 0 atom stereocenters. The first-order valence-electron chi connectivity index (χ1n) is 7.28. The molecule has 122 valence electrons. The summed E-state index contributed by atoms with van der Waals surface area (Å²) in [6.07, 6.45) is 1.55. The van der Waals surface area contributed by atoms with E-state index in [-0.39, 0.29) is 5.91 Å². The lowest BCUT2D eigenvalue weighted by molar-refractivity contribution is 0.102. The summed E-state index contributed by atoms with van der Waals surface area (Å²) in [6.45, 7) is 2.27. The average Bonchev–Trinajstić information content (AvgIpc) is 2.94. The van der Waals surface area contributed by atoms with Crippen molar-refractivity contribution < 1.29 is 9.53 Å². The van der Waals surface area contributed by atoms with E-state index in [9.17, 15) is 4.79 Å². The van der Waals surface area contributed by atoms with Crippen molar-refractivity contribution in [3.05, 3.63) is 70.1 Å². The first-order chi connectivity index (χ1) is 11.6. The number of anilines is 1. The van der Waals surface area contributed by atoms with Crippen LogP contribution in [-0.2, 0) is 6.61 Å². The summed E-state index contributed by atoms with van der Waals surface area (Å²) < 4.78 is 6.26. The largest absolute Gasteiger partial charge is 0.473 e. The summed E-state index contributed by atoms with van der Waals surface area (Å²) in [6, 6.07) is 13.3. The van der Waals surface area contributed by atoms with Crippen LogP contribution in [0.25, 0.3) is 0 Å². The highest BCUT2D eigenvalue weighted by molar-refractivity contribution is 9.10. The van der Waals surface area contributed by atoms with Crippen molar-refractivity contribution in [1.82, 2.24) is 15.2 Å². The van der Waals surface area contributed by atoms with Gasteiger partial charge < -0.3 is 10.1 Å². The smallest absolute Gasteiger partial charge is 0.277 e. The van der Waals surface area contributed by atoms with Gasteiger partial charge in [0.2, 0.25) is 5.88 Å². The fourth-order valence-electron chi connectivity index (χ4n) is 2.03. The van der Waals surface area contributed by atoms with Gasteiger partial charge in [-0.1, -0.05) is 30.3 Å². The van der Waals surface area contributed by atoms with Crippen LogP contribution >= 0.6 is 15.9 Å². The molecule has 0 unspecified atom stereocenters. The van der Waals surface area contributed by atoms with Crippen LogP contribution in [0.5, 0.6) is 5.88 Å². The molecule has 0 spiro atoms. The van der Waals surface area contributed by atoms with E-state index in [2.05, 4.69) is 36.4 Å². The fourth-order valence-corrected chi connectivity index (χ4v) is 2.38. The number of amides is 1. The number of rotatable bonds is 5. The van der Waals surface area contributed by atoms with E-state index in [1.165, 1.54) is 0 Å². The maximum atomic E-state index is 12.2. The van der Waals surface area contributed by atoms with Gasteiger partial charge in [0, 0.05) is 11.8 Å². The molecule has 0 bridgehead atoms. The number of aromatic amines is 1. The summed E-state index contributed by atoms with van der Waals surface area (Å²) >= 11 is 3.33. The number of carbonyl (C=O) groups is 1. The minimum atomic E-state index is -0.314. The van der Waals surface area contributed by atoms with E-state index in [4.69, 9.17) is 4.74 Å². The Bertz CT molecular complexity index is 832. The summed E-state index contributed by atoms with van der Waals surface area (Å²) in [5.41, 5.74) is 2.73. The molecular formula is C17H15BrN4O2. The number of aryl methyl sites for hydroxylation is 1.